The molecule has 6 heteroatoms. The molecule has 0 unspecified atom stereocenters. The number of fused-ring (bicyclic) bond motifs is 1. The van der Waals surface area contributed by atoms with Crippen molar-refractivity contribution in [3.63, 3.8) is 0 Å². The van der Waals surface area contributed by atoms with E-state index in [1.165, 1.54) is 10.5 Å². The molecule has 3 rings (SSSR count). The minimum atomic E-state index is -0.257. The Balaban J connectivity index is 1.63. The number of anilines is 1. The molecule has 0 fully saturated rings. The summed E-state index contributed by atoms with van der Waals surface area (Å²) >= 11 is 0. The van der Waals surface area contributed by atoms with E-state index in [0.717, 1.165) is 6.42 Å². The Kier molecular flexibility index (Phi) is 5.96. The van der Waals surface area contributed by atoms with Crippen LogP contribution in [0.25, 0.3) is 0 Å². The molecule has 1 heterocycles. The van der Waals surface area contributed by atoms with Gasteiger partial charge in [0, 0.05) is 23.9 Å². The monoisotopic (exact) mass is 368 g/mol. The summed E-state index contributed by atoms with van der Waals surface area (Å²) in [6.07, 6.45) is 0.921. The third-order valence-corrected chi connectivity index (χ3v) is 4.44. The average Bonchev–Trinajstić information content (AvgIpc) is 2.71. The van der Waals surface area contributed by atoms with Gasteiger partial charge in [0.25, 0.3) is 5.91 Å². The second-order valence-electron chi connectivity index (χ2n) is 6.28. The number of benzene rings is 2. The van der Waals surface area contributed by atoms with Gasteiger partial charge in [0.2, 0.25) is 5.91 Å². The molecule has 0 saturated carbocycles. The Morgan fingerprint density at radius 3 is 2.37 bits per heavy atom. The van der Waals surface area contributed by atoms with E-state index in [4.69, 9.17) is 9.47 Å². The largest absolute Gasteiger partial charge is 0.486 e. The Labute approximate surface area is 159 Å². The fourth-order valence-corrected chi connectivity index (χ4v) is 2.89. The van der Waals surface area contributed by atoms with Gasteiger partial charge >= 0.3 is 0 Å². The van der Waals surface area contributed by atoms with Crippen molar-refractivity contribution in [2.45, 2.75) is 20.3 Å². The van der Waals surface area contributed by atoms with Gasteiger partial charge in [-0.2, -0.15) is 0 Å². The van der Waals surface area contributed by atoms with Crippen LogP contribution < -0.4 is 14.8 Å². The molecule has 6 nitrogen and oxygen atoms in total. The number of aryl methyl sites for hydroxylation is 1. The summed E-state index contributed by atoms with van der Waals surface area (Å²) in [5.41, 5.74) is 2.37. The van der Waals surface area contributed by atoms with Gasteiger partial charge in [0.1, 0.15) is 19.8 Å². The molecule has 142 valence electrons. The maximum Gasteiger partial charge on any atom is 0.254 e. The lowest BCUT2D eigenvalue weighted by Crippen LogP contribution is -2.37. The Bertz CT molecular complexity index is 817. The van der Waals surface area contributed by atoms with E-state index in [-0.39, 0.29) is 18.4 Å². The van der Waals surface area contributed by atoms with Gasteiger partial charge in [0.05, 0.1) is 0 Å². The number of amides is 2. The third-order valence-electron chi connectivity index (χ3n) is 4.44. The topological polar surface area (TPSA) is 67.9 Å². The highest BCUT2D eigenvalue weighted by molar-refractivity contribution is 5.99. The lowest BCUT2D eigenvalue weighted by molar-refractivity contribution is -0.116. The summed E-state index contributed by atoms with van der Waals surface area (Å²) < 4.78 is 11.0. The first kappa shape index (κ1) is 18.8. The lowest BCUT2D eigenvalue weighted by atomic mass is 10.1. The van der Waals surface area contributed by atoms with Crippen LogP contribution in [0.4, 0.5) is 5.69 Å². The van der Waals surface area contributed by atoms with Gasteiger partial charge in [0.15, 0.2) is 11.5 Å². The van der Waals surface area contributed by atoms with Crippen LogP contribution in [0.1, 0.15) is 29.8 Å². The van der Waals surface area contributed by atoms with Crippen molar-refractivity contribution >= 4 is 17.5 Å². The third kappa shape index (κ3) is 4.58. The Hall–Kier alpha value is -3.02. The highest BCUT2D eigenvalue weighted by atomic mass is 16.6. The van der Waals surface area contributed by atoms with Crippen molar-refractivity contribution < 1.29 is 19.1 Å². The van der Waals surface area contributed by atoms with Crippen molar-refractivity contribution in [1.82, 2.24) is 4.90 Å². The zero-order valence-corrected chi connectivity index (χ0v) is 15.7. The second kappa shape index (κ2) is 8.58. The van der Waals surface area contributed by atoms with E-state index >= 15 is 0 Å². The minimum absolute atomic E-state index is 0.0146. The number of carbonyl (C=O) groups is 2. The smallest absolute Gasteiger partial charge is 0.254 e. The fraction of sp³-hybridized carbons (Fsp3) is 0.333. The molecule has 1 aliphatic heterocycles. The number of nitrogens with zero attached hydrogens (tertiary/aromatic N) is 1. The first-order chi connectivity index (χ1) is 13.1. The summed E-state index contributed by atoms with van der Waals surface area (Å²) in [5.74, 6) is 0.864. The number of hydrogen-bond acceptors (Lipinski definition) is 4. The number of ether oxygens (including phenoxy) is 2. The molecule has 0 spiro atoms. The first-order valence-corrected chi connectivity index (χ1v) is 9.18. The normalized spacial score (nSPS) is 12.4. The molecule has 0 radical (unpaired) electrons. The molecule has 0 aromatic heterocycles. The summed E-state index contributed by atoms with van der Waals surface area (Å²) in [4.78, 5) is 26.6. The summed E-state index contributed by atoms with van der Waals surface area (Å²) in [5, 5.41) is 2.81. The van der Waals surface area contributed by atoms with Crippen molar-refractivity contribution in [3.8, 4) is 11.5 Å². The van der Waals surface area contributed by atoms with E-state index in [1.807, 2.05) is 31.2 Å². The van der Waals surface area contributed by atoms with Crippen LogP contribution >= 0.6 is 0 Å². The number of rotatable bonds is 6. The molecule has 0 aliphatic carbocycles. The van der Waals surface area contributed by atoms with Crippen LogP contribution in [0.3, 0.4) is 0 Å². The molecule has 1 aliphatic rings. The highest BCUT2D eigenvalue weighted by Crippen LogP contribution is 2.32. The van der Waals surface area contributed by atoms with E-state index < -0.39 is 0 Å². The standard InChI is InChI=1S/C21H24N2O4/c1-3-15-5-7-16(8-6-15)21(25)23(4-2)14-20(24)22-17-9-10-18-19(13-17)27-12-11-26-18/h5-10,13H,3-4,11-12,14H2,1-2H3,(H,22,24). The molecule has 2 amide bonds. The summed E-state index contributed by atoms with van der Waals surface area (Å²) in [6, 6.07) is 12.8. The van der Waals surface area contributed by atoms with Gasteiger partial charge < -0.3 is 19.7 Å². The van der Waals surface area contributed by atoms with Crippen molar-refractivity contribution in [2.24, 2.45) is 0 Å². The molecular formula is C21H24N2O4. The van der Waals surface area contributed by atoms with Crippen molar-refractivity contribution in [2.75, 3.05) is 31.6 Å². The SMILES string of the molecule is CCc1ccc(C(=O)N(CC)CC(=O)Nc2ccc3c(c2)OCCO3)cc1. The molecule has 2 aromatic carbocycles. The van der Waals surface area contributed by atoms with E-state index in [9.17, 15) is 9.59 Å². The zero-order valence-electron chi connectivity index (χ0n) is 15.7. The average molecular weight is 368 g/mol. The zero-order chi connectivity index (χ0) is 19.2. The first-order valence-electron chi connectivity index (χ1n) is 9.18. The van der Waals surface area contributed by atoms with E-state index in [0.29, 0.717) is 42.5 Å². The van der Waals surface area contributed by atoms with E-state index in [2.05, 4.69) is 12.2 Å². The molecule has 27 heavy (non-hydrogen) atoms. The molecule has 0 saturated heterocycles. The summed E-state index contributed by atoms with van der Waals surface area (Å²) in [6.45, 7) is 5.36. The van der Waals surface area contributed by atoms with E-state index in [1.54, 1.807) is 18.2 Å². The molecular weight excluding hydrogens is 344 g/mol. The summed E-state index contributed by atoms with van der Waals surface area (Å²) in [7, 11) is 0. The quantitative estimate of drug-likeness (QED) is 0.851. The van der Waals surface area contributed by atoms with Crippen LogP contribution in [0.15, 0.2) is 42.5 Å². The minimum Gasteiger partial charge on any atom is -0.486 e. The number of hydrogen-bond donors (Lipinski definition) is 1. The van der Waals surface area contributed by atoms with Crippen LogP contribution in [-0.4, -0.2) is 43.0 Å². The van der Waals surface area contributed by atoms with Crippen LogP contribution in [0.2, 0.25) is 0 Å². The van der Waals surface area contributed by atoms with Crippen LogP contribution in [0.5, 0.6) is 11.5 Å². The molecule has 1 N–H and O–H groups in total. The lowest BCUT2D eigenvalue weighted by Gasteiger charge is -2.21. The number of likely N-dealkylation sites (N-methyl/N-ethyl adjacent to an activating group) is 1. The van der Waals surface area contributed by atoms with Gasteiger partial charge in [-0.05, 0) is 43.2 Å². The predicted octanol–water partition coefficient (Wildman–Crippen LogP) is 3.12. The van der Waals surface area contributed by atoms with Crippen molar-refractivity contribution in [1.29, 1.82) is 0 Å². The number of nitrogens with one attached hydrogen (secondary N) is 1. The molecule has 0 atom stereocenters. The highest BCUT2D eigenvalue weighted by Gasteiger charge is 2.18. The maximum atomic E-state index is 12.7. The van der Waals surface area contributed by atoms with Gasteiger partial charge in [-0.3, -0.25) is 9.59 Å². The Morgan fingerprint density at radius 2 is 1.70 bits per heavy atom. The Morgan fingerprint density at radius 1 is 1.00 bits per heavy atom. The number of carbonyl (C=O) groups excluding carboxylic acids is 2. The van der Waals surface area contributed by atoms with Crippen LogP contribution in [-0.2, 0) is 11.2 Å². The maximum absolute atomic E-state index is 12.7. The molecule has 0 bridgehead atoms. The predicted molar refractivity (Wildman–Crippen MR) is 103 cm³/mol. The van der Waals surface area contributed by atoms with Gasteiger partial charge in [-0.25, -0.2) is 0 Å². The van der Waals surface area contributed by atoms with Crippen LogP contribution in [0, 0.1) is 0 Å². The second-order valence-corrected chi connectivity index (χ2v) is 6.28. The van der Waals surface area contributed by atoms with Gasteiger partial charge in [-0.15, -0.1) is 0 Å². The molecule has 2 aromatic rings. The fourth-order valence-electron chi connectivity index (χ4n) is 2.89. The van der Waals surface area contributed by atoms with Gasteiger partial charge in [-0.1, -0.05) is 19.1 Å². The van der Waals surface area contributed by atoms with Crippen molar-refractivity contribution in [3.05, 3.63) is 53.6 Å².